The van der Waals surface area contributed by atoms with E-state index in [1.54, 1.807) is 7.05 Å². The van der Waals surface area contributed by atoms with Crippen molar-refractivity contribution < 1.29 is 15.0 Å². The number of aryl methyl sites for hydroxylation is 1. The van der Waals surface area contributed by atoms with E-state index in [9.17, 15) is 9.90 Å². The molecule has 1 aromatic carbocycles. The molecular weight excluding hydrogens is 242 g/mol. The molecule has 2 atom stereocenters. The SMILES string of the molecule is CN(C[C@H](O)CO)C(=O)C1CCCc2ccccc21. The lowest BCUT2D eigenvalue weighted by molar-refractivity contribution is -0.133. The summed E-state index contributed by atoms with van der Waals surface area (Å²) in [5.74, 6) is -0.0829. The van der Waals surface area contributed by atoms with Crippen molar-refractivity contribution in [3.63, 3.8) is 0 Å². The molecule has 0 spiro atoms. The first-order valence-corrected chi connectivity index (χ1v) is 6.75. The van der Waals surface area contributed by atoms with E-state index in [2.05, 4.69) is 6.07 Å². The number of rotatable bonds is 4. The maximum Gasteiger partial charge on any atom is 0.229 e. The Kier molecular flexibility index (Phi) is 4.56. The van der Waals surface area contributed by atoms with Crippen LogP contribution in [0.15, 0.2) is 24.3 Å². The predicted octanol–water partition coefficient (Wildman–Crippen LogP) is 0.918. The van der Waals surface area contributed by atoms with Crippen LogP contribution < -0.4 is 0 Å². The van der Waals surface area contributed by atoms with Crippen LogP contribution in [-0.4, -0.2) is 47.3 Å². The molecule has 4 nitrogen and oxygen atoms in total. The Bertz CT molecular complexity index is 447. The van der Waals surface area contributed by atoms with Crippen LogP contribution in [0.25, 0.3) is 0 Å². The first-order valence-electron chi connectivity index (χ1n) is 6.75. The molecule has 2 N–H and O–H groups in total. The maximum atomic E-state index is 12.4. The number of carbonyl (C=O) groups excluding carboxylic acids is 1. The van der Waals surface area contributed by atoms with Gasteiger partial charge in [-0.2, -0.15) is 0 Å². The van der Waals surface area contributed by atoms with E-state index in [1.807, 2.05) is 18.2 Å². The summed E-state index contributed by atoms with van der Waals surface area (Å²) < 4.78 is 0. The highest BCUT2D eigenvalue weighted by Crippen LogP contribution is 2.32. The smallest absolute Gasteiger partial charge is 0.229 e. The van der Waals surface area contributed by atoms with Crippen LogP contribution in [0.2, 0.25) is 0 Å². The Morgan fingerprint density at radius 3 is 2.95 bits per heavy atom. The Labute approximate surface area is 113 Å². The third-order valence-corrected chi connectivity index (χ3v) is 3.74. The van der Waals surface area contributed by atoms with Crippen molar-refractivity contribution in [3.8, 4) is 0 Å². The molecule has 0 aliphatic heterocycles. The van der Waals surface area contributed by atoms with Gasteiger partial charge in [0, 0.05) is 13.6 Å². The van der Waals surface area contributed by atoms with Crippen LogP contribution in [-0.2, 0) is 11.2 Å². The van der Waals surface area contributed by atoms with Gasteiger partial charge in [0.1, 0.15) is 0 Å². The molecule has 19 heavy (non-hydrogen) atoms. The Morgan fingerprint density at radius 2 is 2.21 bits per heavy atom. The largest absolute Gasteiger partial charge is 0.394 e. The summed E-state index contributed by atoms with van der Waals surface area (Å²) in [6.45, 7) is -0.146. The summed E-state index contributed by atoms with van der Waals surface area (Å²) >= 11 is 0. The fourth-order valence-electron chi connectivity index (χ4n) is 2.74. The molecule has 4 heteroatoms. The van der Waals surface area contributed by atoms with Gasteiger partial charge >= 0.3 is 0 Å². The van der Waals surface area contributed by atoms with Crippen molar-refractivity contribution in [3.05, 3.63) is 35.4 Å². The van der Waals surface area contributed by atoms with Gasteiger partial charge in [0.05, 0.1) is 18.6 Å². The molecule has 1 aliphatic rings. The quantitative estimate of drug-likeness (QED) is 0.849. The van der Waals surface area contributed by atoms with Gasteiger partial charge in [-0.1, -0.05) is 24.3 Å². The number of aliphatic hydroxyl groups is 2. The zero-order chi connectivity index (χ0) is 13.8. The van der Waals surface area contributed by atoms with E-state index in [-0.39, 0.29) is 25.0 Å². The van der Waals surface area contributed by atoms with Crippen LogP contribution in [0.1, 0.15) is 29.9 Å². The summed E-state index contributed by atoms with van der Waals surface area (Å²) in [7, 11) is 1.68. The molecule has 0 heterocycles. The van der Waals surface area contributed by atoms with Crippen LogP contribution in [0.4, 0.5) is 0 Å². The van der Waals surface area contributed by atoms with Gasteiger partial charge in [0.25, 0.3) is 0 Å². The van der Waals surface area contributed by atoms with Gasteiger partial charge in [-0.25, -0.2) is 0 Å². The lowest BCUT2D eigenvalue weighted by atomic mass is 9.82. The number of nitrogens with zero attached hydrogens (tertiary/aromatic N) is 1. The summed E-state index contributed by atoms with van der Waals surface area (Å²) in [6, 6.07) is 8.07. The van der Waals surface area contributed by atoms with Gasteiger partial charge in [-0.3, -0.25) is 4.79 Å². The number of aliphatic hydroxyl groups excluding tert-OH is 2. The number of carbonyl (C=O) groups is 1. The number of hydrogen-bond acceptors (Lipinski definition) is 3. The van der Waals surface area contributed by atoms with Crippen molar-refractivity contribution in [2.24, 2.45) is 0 Å². The van der Waals surface area contributed by atoms with E-state index in [1.165, 1.54) is 10.5 Å². The van der Waals surface area contributed by atoms with Crippen molar-refractivity contribution in [1.82, 2.24) is 4.90 Å². The van der Waals surface area contributed by atoms with Crippen LogP contribution in [0.3, 0.4) is 0 Å². The van der Waals surface area contributed by atoms with Gasteiger partial charge in [0.15, 0.2) is 0 Å². The second-order valence-corrected chi connectivity index (χ2v) is 5.20. The lowest BCUT2D eigenvalue weighted by Crippen LogP contribution is -2.39. The van der Waals surface area contributed by atoms with Gasteiger partial charge in [-0.05, 0) is 30.4 Å². The van der Waals surface area contributed by atoms with Crippen molar-refractivity contribution in [1.29, 1.82) is 0 Å². The fourth-order valence-corrected chi connectivity index (χ4v) is 2.74. The van der Waals surface area contributed by atoms with E-state index in [4.69, 9.17) is 5.11 Å². The predicted molar refractivity (Wildman–Crippen MR) is 72.9 cm³/mol. The minimum absolute atomic E-state index is 0.0275. The Balaban J connectivity index is 2.12. The minimum Gasteiger partial charge on any atom is -0.394 e. The van der Waals surface area contributed by atoms with Crippen molar-refractivity contribution in [2.75, 3.05) is 20.2 Å². The first-order chi connectivity index (χ1) is 9.13. The molecular formula is C15H21NO3. The summed E-state index contributed by atoms with van der Waals surface area (Å²) in [5, 5.41) is 18.3. The summed E-state index contributed by atoms with van der Waals surface area (Å²) in [4.78, 5) is 14.0. The van der Waals surface area contributed by atoms with E-state index in [0.717, 1.165) is 24.8 Å². The van der Waals surface area contributed by atoms with E-state index >= 15 is 0 Å². The standard InChI is InChI=1S/C15H21NO3/c1-16(9-12(18)10-17)15(19)14-8-4-6-11-5-2-3-7-13(11)14/h2-3,5,7,12,14,17-18H,4,6,8-10H2,1H3/t12-,14?/m0/s1. The Morgan fingerprint density at radius 1 is 1.47 bits per heavy atom. The molecule has 0 radical (unpaired) electrons. The molecule has 0 saturated carbocycles. The van der Waals surface area contributed by atoms with Crippen LogP contribution >= 0.6 is 0 Å². The molecule has 1 aromatic rings. The highest BCUT2D eigenvalue weighted by atomic mass is 16.3. The monoisotopic (exact) mass is 263 g/mol. The first kappa shape index (κ1) is 14.0. The average Bonchev–Trinajstić information content (AvgIpc) is 2.45. The highest BCUT2D eigenvalue weighted by Gasteiger charge is 2.28. The van der Waals surface area contributed by atoms with Crippen LogP contribution in [0.5, 0.6) is 0 Å². The molecule has 0 fully saturated rings. The maximum absolute atomic E-state index is 12.4. The highest BCUT2D eigenvalue weighted by molar-refractivity contribution is 5.84. The number of hydrogen-bond donors (Lipinski definition) is 2. The second kappa shape index (κ2) is 6.17. The molecule has 0 saturated heterocycles. The number of benzene rings is 1. The normalized spacial score (nSPS) is 19.6. The van der Waals surface area contributed by atoms with Crippen LogP contribution in [0, 0.1) is 0 Å². The molecule has 1 unspecified atom stereocenters. The fraction of sp³-hybridized carbons (Fsp3) is 0.533. The van der Waals surface area contributed by atoms with E-state index < -0.39 is 6.10 Å². The zero-order valence-electron chi connectivity index (χ0n) is 11.2. The topological polar surface area (TPSA) is 60.8 Å². The number of amides is 1. The third kappa shape index (κ3) is 3.14. The second-order valence-electron chi connectivity index (χ2n) is 5.20. The molecule has 104 valence electrons. The van der Waals surface area contributed by atoms with Crippen molar-refractivity contribution in [2.45, 2.75) is 31.3 Å². The molecule has 1 amide bonds. The zero-order valence-corrected chi connectivity index (χ0v) is 11.2. The van der Waals surface area contributed by atoms with Gasteiger partial charge < -0.3 is 15.1 Å². The molecule has 0 bridgehead atoms. The van der Waals surface area contributed by atoms with E-state index in [0.29, 0.717) is 0 Å². The van der Waals surface area contributed by atoms with Gasteiger partial charge in [-0.15, -0.1) is 0 Å². The number of fused-ring (bicyclic) bond motifs is 1. The molecule has 1 aliphatic carbocycles. The number of likely N-dealkylation sites (N-methyl/N-ethyl adjacent to an activating group) is 1. The Hall–Kier alpha value is -1.39. The van der Waals surface area contributed by atoms with Gasteiger partial charge in [0.2, 0.25) is 5.91 Å². The lowest BCUT2D eigenvalue weighted by Gasteiger charge is -2.29. The summed E-state index contributed by atoms with van der Waals surface area (Å²) in [6.07, 6.45) is 2.04. The third-order valence-electron chi connectivity index (χ3n) is 3.74. The average molecular weight is 263 g/mol. The molecule has 0 aromatic heterocycles. The minimum atomic E-state index is -0.868. The molecule has 2 rings (SSSR count). The summed E-state index contributed by atoms with van der Waals surface area (Å²) in [5.41, 5.74) is 2.37. The van der Waals surface area contributed by atoms with Crippen molar-refractivity contribution >= 4 is 5.91 Å².